The molecule has 0 radical (unpaired) electrons. The zero-order valence-corrected chi connectivity index (χ0v) is 14.3. The second-order valence-corrected chi connectivity index (χ2v) is 6.48. The first-order valence-electron chi connectivity index (χ1n) is 8.80. The van der Waals surface area contributed by atoms with Gasteiger partial charge >= 0.3 is 0 Å². The Labute approximate surface area is 138 Å². The van der Waals surface area contributed by atoms with Crippen molar-refractivity contribution in [3.63, 3.8) is 0 Å². The van der Waals surface area contributed by atoms with Crippen LogP contribution in [-0.4, -0.2) is 60.0 Å². The van der Waals surface area contributed by atoms with E-state index < -0.39 is 0 Å². The van der Waals surface area contributed by atoms with Gasteiger partial charge in [0.05, 0.1) is 0 Å². The lowest BCUT2D eigenvalue weighted by Crippen LogP contribution is -2.49. The van der Waals surface area contributed by atoms with E-state index in [0.717, 1.165) is 63.1 Å². The fourth-order valence-electron chi connectivity index (χ4n) is 3.31. The third-order valence-electron chi connectivity index (χ3n) is 4.64. The molecule has 0 spiro atoms. The van der Waals surface area contributed by atoms with Gasteiger partial charge in [0.2, 0.25) is 11.9 Å². The van der Waals surface area contributed by atoms with Gasteiger partial charge in [-0.2, -0.15) is 4.98 Å². The summed E-state index contributed by atoms with van der Waals surface area (Å²) in [5.41, 5.74) is 1.02. The quantitative estimate of drug-likeness (QED) is 0.848. The molecule has 0 unspecified atom stereocenters. The van der Waals surface area contributed by atoms with Gasteiger partial charge in [0.25, 0.3) is 0 Å². The van der Waals surface area contributed by atoms with E-state index in [2.05, 4.69) is 27.8 Å². The highest BCUT2D eigenvalue weighted by Gasteiger charge is 2.23. The molecule has 126 valence electrons. The van der Waals surface area contributed by atoms with Crippen LogP contribution in [0.1, 0.15) is 38.3 Å². The van der Waals surface area contributed by atoms with Crippen LogP contribution < -0.4 is 9.80 Å². The molecule has 0 aliphatic carbocycles. The van der Waals surface area contributed by atoms with Crippen LogP contribution in [0, 0.1) is 6.92 Å². The molecular formula is C17H27N5O. The van der Waals surface area contributed by atoms with Crippen molar-refractivity contribution in [1.82, 2.24) is 14.9 Å². The number of hydrogen-bond donors (Lipinski definition) is 0. The van der Waals surface area contributed by atoms with Gasteiger partial charge in [-0.3, -0.25) is 4.79 Å². The number of anilines is 2. The van der Waals surface area contributed by atoms with Crippen molar-refractivity contribution >= 4 is 17.7 Å². The van der Waals surface area contributed by atoms with Gasteiger partial charge in [-0.25, -0.2) is 4.98 Å². The number of aryl methyl sites for hydroxylation is 1. The summed E-state index contributed by atoms with van der Waals surface area (Å²) in [6.45, 7) is 9.49. The highest BCUT2D eigenvalue weighted by Crippen LogP contribution is 2.21. The summed E-state index contributed by atoms with van der Waals surface area (Å²) in [7, 11) is 0. The number of piperazine rings is 1. The molecule has 6 nitrogen and oxygen atoms in total. The maximum atomic E-state index is 12.0. The maximum absolute atomic E-state index is 12.0. The molecule has 0 atom stereocenters. The third kappa shape index (κ3) is 3.74. The number of carbonyl (C=O) groups excluding carboxylic acids is 1. The van der Waals surface area contributed by atoms with Crippen LogP contribution in [0.3, 0.4) is 0 Å². The zero-order valence-electron chi connectivity index (χ0n) is 14.3. The van der Waals surface area contributed by atoms with Gasteiger partial charge in [-0.15, -0.1) is 0 Å². The van der Waals surface area contributed by atoms with Crippen LogP contribution in [-0.2, 0) is 4.79 Å². The van der Waals surface area contributed by atoms with E-state index in [1.807, 2.05) is 11.8 Å². The molecule has 0 bridgehead atoms. The molecule has 0 aromatic carbocycles. The summed E-state index contributed by atoms with van der Waals surface area (Å²) in [6.07, 6.45) is 4.03. The number of aromatic nitrogens is 2. The molecule has 3 heterocycles. The van der Waals surface area contributed by atoms with E-state index in [1.54, 1.807) is 0 Å². The summed E-state index contributed by atoms with van der Waals surface area (Å²) < 4.78 is 0. The first-order chi connectivity index (χ1) is 11.2. The molecular weight excluding hydrogens is 290 g/mol. The number of amides is 1. The Morgan fingerprint density at radius 3 is 2.39 bits per heavy atom. The Balaban J connectivity index is 1.67. The van der Waals surface area contributed by atoms with Gasteiger partial charge in [0.15, 0.2) is 0 Å². The highest BCUT2D eigenvalue weighted by molar-refractivity contribution is 5.76. The van der Waals surface area contributed by atoms with E-state index in [9.17, 15) is 4.79 Å². The molecule has 1 aromatic heterocycles. The Hall–Kier alpha value is -1.85. The number of carbonyl (C=O) groups is 1. The van der Waals surface area contributed by atoms with Crippen molar-refractivity contribution in [1.29, 1.82) is 0 Å². The number of nitrogens with zero attached hydrogens (tertiary/aromatic N) is 5. The summed E-state index contributed by atoms with van der Waals surface area (Å²) in [5.74, 6) is 2.15. The molecule has 3 rings (SSSR count). The smallest absolute Gasteiger partial charge is 0.227 e. The predicted molar refractivity (Wildman–Crippen MR) is 91.9 cm³/mol. The average Bonchev–Trinajstić information content (AvgIpc) is 3.09. The van der Waals surface area contributed by atoms with E-state index >= 15 is 0 Å². The van der Waals surface area contributed by atoms with Crippen LogP contribution in [0.5, 0.6) is 0 Å². The summed E-state index contributed by atoms with van der Waals surface area (Å²) in [6, 6.07) is 2.06. The molecule has 2 aliphatic heterocycles. The van der Waals surface area contributed by atoms with E-state index in [0.29, 0.717) is 6.42 Å². The van der Waals surface area contributed by atoms with Gasteiger partial charge in [0, 0.05) is 57.4 Å². The van der Waals surface area contributed by atoms with Crippen molar-refractivity contribution in [3.8, 4) is 0 Å². The Morgan fingerprint density at radius 2 is 1.74 bits per heavy atom. The van der Waals surface area contributed by atoms with Gasteiger partial charge in [-0.1, -0.05) is 6.92 Å². The van der Waals surface area contributed by atoms with Crippen LogP contribution in [0.15, 0.2) is 6.07 Å². The topological polar surface area (TPSA) is 52.6 Å². The largest absolute Gasteiger partial charge is 0.353 e. The summed E-state index contributed by atoms with van der Waals surface area (Å²) in [4.78, 5) is 27.9. The first-order valence-corrected chi connectivity index (χ1v) is 8.80. The van der Waals surface area contributed by atoms with Gasteiger partial charge in [-0.05, 0) is 26.2 Å². The second-order valence-electron chi connectivity index (χ2n) is 6.48. The molecule has 1 amide bonds. The lowest BCUT2D eigenvalue weighted by molar-refractivity contribution is -0.131. The maximum Gasteiger partial charge on any atom is 0.227 e. The molecule has 1 aromatic rings. The number of rotatable bonds is 4. The molecule has 6 heteroatoms. The molecule has 2 aliphatic rings. The normalized spacial score (nSPS) is 18.6. The van der Waals surface area contributed by atoms with Crippen molar-refractivity contribution in [3.05, 3.63) is 11.8 Å². The fourth-order valence-corrected chi connectivity index (χ4v) is 3.31. The van der Waals surface area contributed by atoms with Gasteiger partial charge in [0.1, 0.15) is 5.82 Å². The van der Waals surface area contributed by atoms with Crippen molar-refractivity contribution in [2.45, 2.75) is 39.5 Å². The summed E-state index contributed by atoms with van der Waals surface area (Å²) in [5, 5.41) is 0. The second kappa shape index (κ2) is 7.15. The van der Waals surface area contributed by atoms with Crippen LogP contribution in [0.4, 0.5) is 11.8 Å². The Kier molecular flexibility index (Phi) is 4.98. The minimum atomic E-state index is 0.281. The molecule has 2 fully saturated rings. The predicted octanol–water partition coefficient (Wildman–Crippen LogP) is 1.83. The minimum Gasteiger partial charge on any atom is -0.353 e. The molecule has 2 saturated heterocycles. The first kappa shape index (κ1) is 16.0. The van der Waals surface area contributed by atoms with Crippen LogP contribution in [0.2, 0.25) is 0 Å². The monoisotopic (exact) mass is 317 g/mol. The highest BCUT2D eigenvalue weighted by atomic mass is 16.2. The lowest BCUT2D eigenvalue weighted by Gasteiger charge is -2.35. The van der Waals surface area contributed by atoms with Crippen LogP contribution in [0.25, 0.3) is 0 Å². The van der Waals surface area contributed by atoms with E-state index in [1.165, 1.54) is 12.8 Å². The molecule has 0 saturated carbocycles. The summed E-state index contributed by atoms with van der Waals surface area (Å²) >= 11 is 0. The van der Waals surface area contributed by atoms with Crippen molar-refractivity contribution in [2.24, 2.45) is 0 Å². The number of hydrogen-bond acceptors (Lipinski definition) is 5. The fraction of sp³-hybridized carbons (Fsp3) is 0.706. The van der Waals surface area contributed by atoms with Crippen molar-refractivity contribution < 1.29 is 4.79 Å². The standard InChI is InChI=1S/C17H27N5O/c1-3-6-16(23)21-11-9-20(10-12-21)15-13-14(2)18-17(19-15)22-7-4-5-8-22/h13H,3-12H2,1-2H3. The van der Waals surface area contributed by atoms with E-state index in [4.69, 9.17) is 4.98 Å². The average molecular weight is 317 g/mol. The molecule has 0 N–H and O–H groups in total. The van der Waals surface area contributed by atoms with Crippen LogP contribution >= 0.6 is 0 Å². The Bertz CT molecular complexity index is 548. The van der Waals surface area contributed by atoms with Crippen molar-refractivity contribution in [2.75, 3.05) is 49.1 Å². The molecule has 23 heavy (non-hydrogen) atoms. The van der Waals surface area contributed by atoms with E-state index in [-0.39, 0.29) is 5.91 Å². The minimum absolute atomic E-state index is 0.281. The zero-order chi connectivity index (χ0) is 16.2. The SMILES string of the molecule is CCCC(=O)N1CCN(c2cc(C)nc(N3CCCC3)n2)CC1. The Morgan fingerprint density at radius 1 is 1.04 bits per heavy atom. The third-order valence-corrected chi connectivity index (χ3v) is 4.64. The van der Waals surface area contributed by atoms with Gasteiger partial charge < -0.3 is 14.7 Å². The lowest BCUT2D eigenvalue weighted by atomic mass is 10.2.